The summed E-state index contributed by atoms with van der Waals surface area (Å²) >= 11 is 0. The number of likely N-dealkylation sites (tertiary alicyclic amines) is 1. The maximum Gasteiger partial charge on any atom is 0.254 e. The van der Waals surface area contributed by atoms with E-state index in [1.807, 2.05) is 20.8 Å². The number of nitrogens with one attached hydrogen (secondary N) is 1. The van der Waals surface area contributed by atoms with Gasteiger partial charge in [-0.15, -0.1) is 0 Å². The lowest BCUT2D eigenvalue weighted by atomic mass is 9.77. The van der Waals surface area contributed by atoms with Crippen molar-refractivity contribution in [1.29, 1.82) is 0 Å². The van der Waals surface area contributed by atoms with Crippen molar-refractivity contribution >= 4 is 0 Å². The summed E-state index contributed by atoms with van der Waals surface area (Å²) < 4.78 is 5.31. The van der Waals surface area contributed by atoms with Gasteiger partial charge in [-0.05, 0) is 53.0 Å². The Morgan fingerprint density at radius 3 is 2.88 bits per heavy atom. The van der Waals surface area contributed by atoms with Crippen LogP contribution < -0.4 is 5.56 Å². The van der Waals surface area contributed by atoms with E-state index in [1.54, 1.807) is 0 Å². The van der Waals surface area contributed by atoms with E-state index in [4.69, 9.17) is 9.51 Å². The highest BCUT2D eigenvalue weighted by Gasteiger charge is 2.44. The predicted molar refractivity (Wildman–Crippen MR) is 90.1 cm³/mol. The van der Waals surface area contributed by atoms with Crippen LogP contribution in [0.5, 0.6) is 0 Å². The maximum absolute atomic E-state index is 12.3. The first-order valence-corrected chi connectivity index (χ1v) is 8.73. The van der Waals surface area contributed by atoms with E-state index in [-0.39, 0.29) is 11.0 Å². The summed E-state index contributed by atoms with van der Waals surface area (Å²) in [5.74, 6) is 1.63. The Balaban J connectivity index is 1.64. The molecule has 4 rings (SSSR count). The molecule has 0 aromatic carbocycles. The third kappa shape index (κ3) is 2.40. The van der Waals surface area contributed by atoms with Crippen molar-refractivity contribution in [3.05, 3.63) is 44.5 Å². The summed E-state index contributed by atoms with van der Waals surface area (Å²) in [6.45, 7) is 8.74. The number of hydrogen-bond acceptors (Lipinski definition) is 5. The smallest absolute Gasteiger partial charge is 0.254 e. The summed E-state index contributed by atoms with van der Waals surface area (Å²) in [5.41, 5.74) is 4.21. The van der Waals surface area contributed by atoms with Crippen molar-refractivity contribution in [2.24, 2.45) is 0 Å². The average molecular weight is 328 g/mol. The molecule has 2 aromatic heterocycles. The number of hydrogen-bond donors (Lipinski definition) is 1. The Kier molecular flexibility index (Phi) is 3.60. The van der Waals surface area contributed by atoms with Crippen molar-refractivity contribution < 1.29 is 4.52 Å². The molecule has 1 unspecified atom stereocenters. The molecule has 1 fully saturated rings. The van der Waals surface area contributed by atoms with Crippen molar-refractivity contribution in [1.82, 2.24) is 20.0 Å². The number of aromatic amines is 1. The Morgan fingerprint density at radius 2 is 2.12 bits per heavy atom. The lowest BCUT2D eigenvalue weighted by molar-refractivity contribution is 0.136. The number of nitrogens with zero attached hydrogens (tertiary/aromatic N) is 3. The first kappa shape index (κ1) is 15.6. The zero-order valence-corrected chi connectivity index (χ0v) is 14.6. The van der Waals surface area contributed by atoms with E-state index >= 15 is 0 Å². The van der Waals surface area contributed by atoms with Gasteiger partial charge in [0.15, 0.2) is 0 Å². The fourth-order valence-electron chi connectivity index (χ4n) is 4.47. The summed E-state index contributed by atoms with van der Waals surface area (Å²) in [6.07, 6.45) is 4.13. The first-order valence-electron chi connectivity index (χ1n) is 8.73. The molecule has 1 N–H and O–H groups in total. The molecule has 0 amide bonds. The molecular formula is C18H24N4O2. The van der Waals surface area contributed by atoms with Gasteiger partial charge in [0, 0.05) is 29.6 Å². The Bertz CT molecular complexity index is 819. The van der Waals surface area contributed by atoms with Crippen molar-refractivity contribution in [3.63, 3.8) is 0 Å². The minimum absolute atomic E-state index is 0.0333. The summed E-state index contributed by atoms with van der Waals surface area (Å²) in [7, 11) is 0. The minimum atomic E-state index is 0.0333. The molecule has 3 heterocycles. The minimum Gasteiger partial charge on any atom is -0.361 e. The van der Waals surface area contributed by atoms with Crippen LogP contribution in [0.2, 0.25) is 0 Å². The van der Waals surface area contributed by atoms with Gasteiger partial charge in [0.2, 0.25) is 0 Å². The Labute approximate surface area is 141 Å². The summed E-state index contributed by atoms with van der Waals surface area (Å²) in [4.78, 5) is 22.3. The number of aromatic nitrogens is 3. The lowest BCUT2D eigenvalue weighted by Crippen LogP contribution is -2.45. The molecule has 0 radical (unpaired) electrons. The molecule has 2 aliphatic rings. The van der Waals surface area contributed by atoms with E-state index in [9.17, 15) is 4.79 Å². The van der Waals surface area contributed by atoms with Crippen molar-refractivity contribution in [3.8, 4) is 0 Å². The number of aryl methyl sites for hydroxylation is 3. The molecule has 2 aromatic rings. The summed E-state index contributed by atoms with van der Waals surface area (Å²) in [6, 6.07) is 0. The van der Waals surface area contributed by atoms with Gasteiger partial charge in [-0.2, -0.15) is 0 Å². The quantitative estimate of drug-likeness (QED) is 0.914. The molecule has 0 bridgehead atoms. The van der Waals surface area contributed by atoms with Gasteiger partial charge in [0.25, 0.3) is 5.56 Å². The third-order valence-corrected chi connectivity index (χ3v) is 5.71. The van der Waals surface area contributed by atoms with Crippen molar-refractivity contribution in [2.75, 3.05) is 13.1 Å². The first-order chi connectivity index (χ1) is 11.5. The van der Waals surface area contributed by atoms with Crippen LogP contribution in [0.15, 0.2) is 9.32 Å². The second-order valence-corrected chi connectivity index (χ2v) is 7.38. The Morgan fingerprint density at radius 1 is 1.29 bits per heavy atom. The van der Waals surface area contributed by atoms with Crippen LogP contribution in [0.25, 0.3) is 0 Å². The molecule has 6 nitrogen and oxygen atoms in total. The molecule has 128 valence electrons. The van der Waals surface area contributed by atoms with Gasteiger partial charge in [-0.3, -0.25) is 9.69 Å². The topological polar surface area (TPSA) is 75.0 Å². The normalized spacial score (nSPS) is 23.8. The van der Waals surface area contributed by atoms with Gasteiger partial charge < -0.3 is 9.51 Å². The van der Waals surface area contributed by atoms with E-state index in [2.05, 4.69) is 15.0 Å². The third-order valence-electron chi connectivity index (χ3n) is 5.71. The van der Waals surface area contributed by atoms with Crippen LogP contribution in [0, 0.1) is 20.8 Å². The van der Waals surface area contributed by atoms with Gasteiger partial charge >= 0.3 is 0 Å². The molecule has 6 heteroatoms. The van der Waals surface area contributed by atoms with E-state index in [0.717, 1.165) is 73.9 Å². The number of H-pyrrole nitrogens is 1. The lowest BCUT2D eigenvalue weighted by Gasteiger charge is -2.40. The number of piperidine rings is 1. The molecule has 1 spiro atoms. The van der Waals surface area contributed by atoms with Gasteiger partial charge in [0.05, 0.1) is 11.4 Å². The SMILES string of the molecule is Cc1nc2c(c(=O)[nH]1)CCC21CCCN(Cc2c(C)noc2C)C1. The summed E-state index contributed by atoms with van der Waals surface area (Å²) in [5, 5.41) is 4.07. The van der Waals surface area contributed by atoms with Crippen LogP contribution in [0.1, 0.15) is 53.4 Å². The largest absolute Gasteiger partial charge is 0.361 e. The molecular weight excluding hydrogens is 304 g/mol. The highest BCUT2D eigenvalue weighted by molar-refractivity contribution is 5.34. The fraction of sp³-hybridized carbons (Fsp3) is 0.611. The maximum atomic E-state index is 12.3. The molecule has 0 saturated carbocycles. The Hall–Kier alpha value is -1.95. The molecule has 24 heavy (non-hydrogen) atoms. The number of rotatable bonds is 2. The second kappa shape index (κ2) is 5.55. The zero-order valence-electron chi connectivity index (χ0n) is 14.6. The molecule has 1 aliphatic heterocycles. The van der Waals surface area contributed by atoms with Crippen LogP contribution in [-0.2, 0) is 18.4 Å². The van der Waals surface area contributed by atoms with Crippen LogP contribution >= 0.6 is 0 Å². The van der Waals surface area contributed by atoms with E-state index in [0.29, 0.717) is 0 Å². The number of fused-ring (bicyclic) bond motifs is 2. The standard InChI is InChI=1S/C18H24N4O2/c1-11-15(12(2)24-21-11)9-22-8-4-6-18(10-22)7-5-14-16(18)19-13(3)20-17(14)23/h4-10H2,1-3H3,(H,19,20,23). The van der Waals surface area contributed by atoms with E-state index < -0.39 is 0 Å². The van der Waals surface area contributed by atoms with Crippen LogP contribution in [-0.4, -0.2) is 33.1 Å². The zero-order chi connectivity index (χ0) is 16.9. The fourth-order valence-corrected chi connectivity index (χ4v) is 4.47. The van der Waals surface area contributed by atoms with Gasteiger partial charge in [0.1, 0.15) is 11.6 Å². The van der Waals surface area contributed by atoms with E-state index in [1.165, 1.54) is 5.56 Å². The van der Waals surface area contributed by atoms with Crippen LogP contribution in [0.4, 0.5) is 0 Å². The average Bonchev–Trinajstić information content (AvgIpc) is 3.03. The molecule has 1 aliphatic carbocycles. The monoisotopic (exact) mass is 328 g/mol. The predicted octanol–water partition coefficient (Wildman–Crippen LogP) is 2.16. The highest BCUT2D eigenvalue weighted by atomic mass is 16.5. The molecule has 1 saturated heterocycles. The van der Waals surface area contributed by atoms with Gasteiger partial charge in [-0.25, -0.2) is 4.98 Å². The highest BCUT2D eigenvalue weighted by Crippen LogP contribution is 2.43. The second-order valence-electron chi connectivity index (χ2n) is 7.38. The van der Waals surface area contributed by atoms with Crippen molar-refractivity contribution in [2.45, 2.75) is 58.4 Å². The van der Waals surface area contributed by atoms with Crippen LogP contribution in [0.3, 0.4) is 0 Å². The molecule has 1 atom stereocenters. The van der Waals surface area contributed by atoms with Gasteiger partial charge in [-0.1, -0.05) is 5.16 Å².